The summed E-state index contributed by atoms with van der Waals surface area (Å²) in [5.74, 6) is 1.78. The Balaban J connectivity index is 1.48. The first-order valence-electron chi connectivity index (χ1n) is 13.2. The fraction of sp³-hybridized carbons (Fsp3) is 0.333. The summed E-state index contributed by atoms with van der Waals surface area (Å²) in [5, 5.41) is 9.81. The first-order valence-corrected chi connectivity index (χ1v) is 14.0. The van der Waals surface area contributed by atoms with Gasteiger partial charge >= 0.3 is 0 Å². The van der Waals surface area contributed by atoms with Crippen molar-refractivity contribution in [3.63, 3.8) is 0 Å². The lowest BCUT2D eigenvalue weighted by Crippen LogP contribution is -2.45. The minimum absolute atomic E-state index is 0.0595. The summed E-state index contributed by atoms with van der Waals surface area (Å²) < 4.78 is 1.57. The number of allylic oxidation sites excluding steroid dienone is 1. The number of aryl methyl sites for hydroxylation is 1. The third-order valence-corrected chi connectivity index (χ3v) is 8.17. The van der Waals surface area contributed by atoms with E-state index in [0.29, 0.717) is 29.1 Å². The van der Waals surface area contributed by atoms with Crippen LogP contribution in [0.5, 0.6) is 0 Å². The molecule has 0 spiro atoms. The number of likely N-dealkylation sites (N-methyl/N-ethyl adjacent to an activating group) is 1. The maximum absolute atomic E-state index is 14.0. The number of amides is 2. The summed E-state index contributed by atoms with van der Waals surface area (Å²) in [6.07, 6.45) is 14.7. The predicted molar refractivity (Wildman–Crippen MR) is 155 cm³/mol. The van der Waals surface area contributed by atoms with Crippen LogP contribution in [0.4, 0.5) is 0 Å². The van der Waals surface area contributed by atoms with Crippen LogP contribution in [-0.4, -0.2) is 45.9 Å². The van der Waals surface area contributed by atoms with Crippen LogP contribution in [0.2, 0.25) is 0 Å². The Morgan fingerprint density at radius 2 is 1.90 bits per heavy atom. The Hall–Kier alpha value is -4.00. The maximum atomic E-state index is 14.0. The van der Waals surface area contributed by atoms with E-state index < -0.39 is 11.9 Å². The number of nitrogens with one attached hydrogen (secondary N) is 2. The number of hydrogen-bond acceptors (Lipinski definition) is 6. The lowest BCUT2D eigenvalue weighted by atomic mass is 9.92. The highest BCUT2D eigenvalue weighted by molar-refractivity contribution is 7.11. The number of nitrogens with zero attached hydrogens (tertiary/aromatic N) is 3. The van der Waals surface area contributed by atoms with Gasteiger partial charge < -0.3 is 14.8 Å². The molecule has 39 heavy (non-hydrogen) atoms. The van der Waals surface area contributed by atoms with Crippen molar-refractivity contribution >= 4 is 39.6 Å². The van der Waals surface area contributed by atoms with Crippen molar-refractivity contribution in [3.8, 4) is 23.6 Å². The molecule has 1 aliphatic carbocycles. The fourth-order valence-electron chi connectivity index (χ4n) is 5.25. The molecule has 1 aromatic carbocycles. The van der Waals surface area contributed by atoms with Gasteiger partial charge in [-0.15, -0.1) is 17.8 Å². The highest BCUT2D eigenvalue weighted by Gasteiger charge is 2.31. The van der Waals surface area contributed by atoms with Crippen molar-refractivity contribution in [1.29, 1.82) is 0 Å². The smallest absolute Gasteiger partial charge is 0.274 e. The van der Waals surface area contributed by atoms with Crippen molar-refractivity contribution in [2.24, 2.45) is 7.05 Å². The lowest BCUT2D eigenvalue weighted by molar-refractivity contribution is -0.127. The van der Waals surface area contributed by atoms with E-state index in [9.17, 15) is 14.4 Å². The Kier molecular flexibility index (Phi) is 7.77. The van der Waals surface area contributed by atoms with Crippen molar-refractivity contribution in [1.82, 2.24) is 25.1 Å². The van der Waals surface area contributed by atoms with Gasteiger partial charge in [0.15, 0.2) is 0 Å². The Labute approximate surface area is 231 Å². The fourth-order valence-corrected chi connectivity index (χ4v) is 6.12. The number of fused-ring (bicyclic) bond motifs is 1. The van der Waals surface area contributed by atoms with Crippen molar-refractivity contribution in [2.75, 3.05) is 13.6 Å². The molecular formula is C30H31N5O3S. The van der Waals surface area contributed by atoms with E-state index in [0.717, 1.165) is 60.0 Å². The van der Waals surface area contributed by atoms with Gasteiger partial charge in [0, 0.05) is 36.1 Å². The molecule has 0 saturated heterocycles. The molecule has 1 saturated carbocycles. The Morgan fingerprint density at radius 1 is 1.15 bits per heavy atom. The van der Waals surface area contributed by atoms with Crippen molar-refractivity contribution in [2.45, 2.75) is 44.6 Å². The zero-order valence-corrected chi connectivity index (χ0v) is 22.9. The van der Waals surface area contributed by atoms with E-state index in [1.807, 2.05) is 35.7 Å². The minimum atomic E-state index is -0.830. The van der Waals surface area contributed by atoms with Gasteiger partial charge in [-0.25, -0.2) is 4.98 Å². The van der Waals surface area contributed by atoms with Gasteiger partial charge in [0.05, 0.1) is 11.4 Å². The SMILES string of the molecule is C#C[C@H](NC)C(=O)NC(C(=O)N1CCC=C1c1nc(-c2cn(C)c(=O)c3ccccc23)cs1)=C1CCCCC1. The van der Waals surface area contributed by atoms with Gasteiger partial charge in [0.2, 0.25) is 0 Å². The molecule has 8 nitrogen and oxygen atoms in total. The highest BCUT2D eigenvalue weighted by Crippen LogP contribution is 2.35. The molecule has 0 radical (unpaired) electrons. The second-order valence-electron chi connectivity index (χ2n) is 9.79. The largest absolute Gasteiger partial charge is 0.319 e. The van der Waals surface area contributed by atoms with E-state index in [4.69, 9.17) is 11.4 Å². The summed E-state index contributed by atoms with van der Waals surface area (Å²) in [6, 6.07) is 6.68. The molecule has 2 aromatic heterocycles. The lowest BCUT2D eigenvalue weighted by Gasteiger charge is -2.25. The molecular weight excluding hydrogens is 510 g/mol. The minimum Gasteiger partial charge on any atom is -0.319 e. The number of benzene rings is 1. The molecule has 2 aliphatic rings. The second-order valence-corrected chi connectivity index (χ2v) is 10.7. The van der Waals surface area contributed by atoms with Gasteiger partial charge in [0.25, 0.3) is 17.4 Å². The number of carbonyl (C=O) groups excluding carboxylic acids is 2. The number of hydrogen-bond donors (Lipinski definition) is 2. The van der Waals surface area contributed by atoms with E-state index in [-0.39, 0.29) is 11.5 Å². The van der Waals surface area contributed by atoms with Crippen LogP contribution in [0.25, 0.3) is 27.7 Å². The molecule has 9 heteroatoms. The van der Waals surface area contributed by atoms with Crippen LogP contribution < -0.4 is 16.2 Å². The number of rotatable bonds is 6. The van der Waals surface area contributed by atoms with Crippen LogP contribution in [0.1, 0.15) is 43.5 Å². The topological polar surface area (TPSA) is 96.3 Å². The number of aromatic nitrogens is 2. The summed E-state index contributed by atoms with van der Waals surface area (Å²) in [6.45, 7) is 0.503. The molecule has 1 fully saturated rings. The molecule has 5 rings (SSSR count). The molecule has 1 aliphatic heterocycles. The van der Waals surface area contributed by atoms with Gasteiger partial charge in [-0.1, -0.05) is 36.6 Å². The van der Waals surface area contributed by atoms with Gasteiger partial charge in [0.1, 0.15) is 16.7 Å². The van der Waals surface area contributed by atoms with E-state index in [1.54, 1.807) is 29.8 Å². The van der Waals surface area contributed by atoms with E-state index >= 15 is 0 Å². The van der Waals surface area contributed by atoms with Gasteiger partial charge in [-0.05, 0) is 56.2 Å². The summed E-state index contributed by atoms with van der Waals surface area (Å²) in [7, 11) is 3.35. The summed E-state index contributed by atoms with van der Waals surface area (Å²) >= 11 is 1.45. The normalized spacial score (nSPS) is 16.1. The zero-order chi connectivity index (χ0) is 27.5. The van der Waals surface area contributed by atoms with Crippen molar-refractivity contribution < 1.29 is 9.59 Å². The Bertz CT molecular complexity index is 1600. The molecule has 3 aromatic rings. The quantitative estimate of drug-likeness (QED) is 0.366. The summed E-state index contributed by atoms with van der Waals surface area (Å²) in [4.78, 5) is 46.1. The molecule has 1 atom stereocenters. The number of thiazole rings is 1. The van der Waals surface area contributed by atoms with E-state index in [2.05, 4.69) is 16.6 Å². The maximum Gasteiger partial charge on any atom is 0.274 e. The first-order chi connectivity index (χ1) is 18.9. The van der Waals surface area contributed by atoms with E-state index in [1.165, 1.54) is 11.3 Å². The number of carbonyl (C=O) groups is 2. The third-order valence-electron chi connectivity index (χ3n) is 7.31. The molecule has 0 bridgehead atoms. The second kappa shape index (κ2) is 11.4. The monoisotopic (exact) mass is 541 g/mol. The zero-order valence-electron chi connectivity index (χ0n) is 22.1. The predicted octanol–water partition coefficient (Wildman–Crippen LogP) is 3.79. The van der Waals surface area contributed by atoms with Crippen LogP contribution in [0.15, 0.2) is 58.0 Å². The number of pyridine rings is 1. The third kappa shape index (κ3) is 5.18. The van der Waals surface area contributed by atoms with Gasteiger partial charge in [-0.3, -0.25) is 19.7 Å². The van der Waals surface area contributed by atoms with Gasteiger partial charge in [-0.2, -0.15) is 0 Å². The van der Waals surface area contributed by atoms with Crippen LogP contribution in [0.3, 0.4) is 0 Å². The molecule has 0 unspecified atom stereocenters. The van der Waals surface area contributed by atoms with Crippen molar-refractivity contribution in [3.05, 3.63) is 68.5 Å². The van der Waals surface area contributed by atoms with Crippen LogP contribution in [0, 0.1) is 12.3 Å². The number of terminal acetylenes is 1. The average Bonchev–Trinajstić information content (AvgIpc) is 3.65. The molecule has 2 amide bonds. The first kappa shape index (κ1) is 26.6. The standard InChI is InChI=1S/C30H31N5O3S/c1-4-23(31-2)27(36)33-26(19-11-6-5-7-12-19)30(38)35-16-10-15-25(35)28-32-24(18-39-28)22-17-34(3)29(37)21-14-9-8-13-20(21)22/h1,8-9,13-15,17-18,23,31H,5-7,10-12,16H2,2-3H3,(H,33,36)/t23-/m0/s1. The highest BCUT2D eigenvalue weighted by atomic mass is 32.1. The average molecular weight is 542 g/mol. The summed E-state index contributed by atoms with van der Waals surface area (Å²) in [5.41, 5.74) is 3.58. The van der Waals surface area contributed by atoms with Crippen LogP contribution >= 0.6 is 11.3 Å². The molecule has 2 N–H and O–H groups in total. The Morgan fingerprint density at radius 3 is 2.62 bits per heavy atom. The van der Waals surface area contributed by atoms with Crippen LogP contribution in [-0.2, 0) is 16.6 Å². The molecule has 3 heterocycles. The molecule has 200 valence electrons.